The first-order chi connectivity index (χ1) is 15.8. The molecule has 0 aromatic heterocycles. The van der Waals surface area contributed by atoms with Gasteiger partial charge in [0.05, 0.1) is 17.2 Å². The predicted molar refractivity (Wildman–Crippen MR) is 119 cm³/mol. The van der Waals surface area contributed by atoms with Crippen LogP contribution in [0.2, 0.25) is 0 Å². The van der Waals surface area contributed by atoms with Gasteiger partial charge < -0.3 is 14.7 Å². The van der Waals surface area contributed by atoms with Gasteiger partial charge in [0.25, 0.3) is 10.0 Å². The molecule has 2 aliphatic carbocycles. The number of anilines is 1. The number of sulfonamides is 1. The van der Waals surface area contributed by atoms with Crippen molar-refractivity contribution in [2.24, 2.45) is 17.8 Å². The van der Waals surface area contributed by atoms with E-state index in [1.165, 1.54) is 18.2 Å². The van der Waals surface area contributed by atoms with E-state index < -0.39 is 21.8 Å². The molecule has 4 atom stereocenters. The Morgan fingerprint density at radius 1 is 1.21 bits per heavy atom. The number of carbonyl (C=O) groups is 1. The van der Waals surface area contributed by atoms with Gasteiger partial charge in [-0.2, -0.15) is 0 Å². The van der Waals surface area contributed by atoms with Crippen molar-refractivity contribution >= 4 is 21.7 Å². The molecule has 33 heavy (non-hydrogen) atoms. The molecule has 6 rings (SSSR count). The average molecular weight is 473 g/mol. The Balaban J connectivity index is 1.36. The third-order valence-corrected chi connectivity index (χ3v) is 9.19. The number of piperidine rings is 1. The summed E-state index contributed by atoms with van der Waals surface area (Å²) in [7, 11) is -4.15. The van der Waals surface area contributed by atoms with E-state index >= 15 is 0 Å². The molecule has 174 valence electrons. The van der Waals surface area contributed by atoms with E-state index in [0.717, 1.165) is 37.7 Å². The van der Waals surface area contributed by atoms with Crippen molar-refractivity contribution < 1.29 is 27.4 Å². The second-order valence-corrected chi connectivity index (χ2v) is 11.3. The second-order valence-electron chi connectivity index (χ2n) is 9.62. The fraction of sp³-hybridized carbons (Fsp3) is 0.458. The summed E-state index contributed by atoms with van der Waals surface area (Å²) in [4.78, 5) is 14.4. The van der Waals surface area contributed by atoms with Crippen LogP contribution in [0.5, 0.6) is 5.75 Å². The fourth-order valence-corrected chi connectivity index (χ4v) is 7.23. The van der Waals surface area contributed by atoms with E-state index in [4.69, 9.17) is 4.74 Å². The van der Waals surface area contributed by atoms with Gasteiger partial charge >= 0.3 is 5.97 Å². The number of ether oxygens (including phenoxy) is 1. The minimum Gasteiger partial charge on any atom is -0.492 e. The number of carboxylic acids is 1. The number of hydrogen-bond acceptors (Lipinski definition) is 5. The van der Waals surface area contributed by atoms with Gasteiger partial charge in [-0.3, -0.25) is 4.72 Å². The average Bonchev–Trinajstić information content (AvgIpc) is 3.66. The van der Waals surface area contributed by atoms with Crippen molar-refractivity contribution in [3.05, 3.63) is 52.8 Å². The summed E-state index contributed by atoms with van der Waals surface area (Å²) in [5.41, 5.74) is 1.08. The van der Waals surface area contributed by atoms with Gasteiger partial charge in [-0.1, -0.05) is 13.0 Å². The lowest BCUT2D eigenvalue weighted by atomic mass is 10.0. The molecule has 0 spiro atoms. The molecule has 2 aromatic rings. The smallest absolute Gasteiger partial charge is 0.341 e. The van der Waals surface area contributed by atoms with Crippen LogP contribution in [0.4, 0.5) is 10.1 Å². The Morgan fingerprint density at radius 3 is 2.67 bits per heavy atom. The van der Waals surface area contributed by atoms with E-state index in [1.54, 1.807) is 6.07 Å². The molecule has 3 fully saturated rings. The molecule has 7 nitrogen and oxygen atoms in total. The lowest BCUT2D eigenvalue weighted by molar-refractivity contribution is 0.0692. The SMILES string of the molecule is CCN1CC2C(C1)C2c1cc(F)ccc1S(=O)(=O)Nc1ccc2c(c1C(=O)O)OC[C@@H]1C[C@H]21. The van der Waals surface area contributed by atoms with E-state index in [2.05, 4.69) is 16.5 Å². The van der Waals surface area contributed by atoms with Crippen molar-refractivity contribution in [2.45, 2.75) is 30.1 Å². The number of nitrogens with one attached hydrogen (secondary N) is 1. The first kappa shape index (κ1) is 20.9. The zero-order valence-corrected chi connectivity index (χ0v) is 18.9. The fourth-order valence-electron chi connectivity index (χ4n) is 5.90. The molecule has 2 heterocycles. The summed E-state index contributed by atoms with van der Waals surface area (Å²) < 4.78 is 49.2. The van der Waals surface area contributed by atoms with E-state index in [1.807, 2.05) is 0 Å². The molecule has 2 unspecified atom stereocenters. The molecule has 4 aliphatic rings. The molecule has 0 radical (unpaired) electrons. The number of aromatic carboxylic acids is 1. The molecule has 9 heteroatoms. The van der Waals surface area contributed by atoms with Crippen LogP contribution in [0, 0.1) is 23.6 Å². The molecule has 2 N–H and O–H groups in total. The third kappa shape index (κ3) is 3.32. The maximum Gasteiger partial charge on any atom is 0.341 e. The van der Waals surface area contributed by atoms with Crippen LogP contribution >= 0.6 is 0 Å². The van der Waals surface area contributed by atoms with Gasteiger partial charge in [0.2, 0.25) is 0 Å². The monoisotopic (exact) mass is 472 g/mol. The van der Waals surface area contributed by atoms with Crippen molar-refractivity contribution in [2.75, 3.05) is 31.0 Å². The number of rotatable bonds is 6. The first-order valence-electron chi connectivity index (χ1n) is 11.4. The van der Waals surface area contributed by atoms with E-state index in [0.29, 0.717) is 29.9 Å². The van der Waals surface area contributed by atoms with Gasteiger partial charge in [-0.05, 0) is 72.0 Å². The van der Waals surface area contributed by atoms with Gasteiger partial charge in [-0.25, -0.2) is 17.6 Å². The number of likely N-dealkylation sites (tertiary alicyclic amines) is 1. The van der Waals surface area contributed by atoms with Crippen LogP contribution in [-0.4, -0.2) is 50.6 Å². The van der Waals surface area contributed by atoms with Crippen molar-refractivity contribution in [1.29, 1.82) is 0 Å². The number of carboxylic acid groups (broad SMARTS) is 1. The quantitative estimate of drug-likeness (QED) is 0.668. The van der Waals surface area contributed by atoms with Crippen LogP contribution < -0.4 is 9.46 Å². The van der Waals surface area contributed by atoms with Crippen LogP contribution in [0.25, 0.3) is 0 Å². The van der Waals surface area contributed by atoms with Gasteiger partial charge in [0.15, 0.2) is 0 Å². The molecule has 2 aromatic carbocycles. The van der Waals surface area contributed by atoms with Crippen LogP contribution in [-0.2, 0) is 10.0 Å². The summed E-state index contributed by atoms with van der Waals surface area (Å²) in [6.07, 6.45) is 0.954. The summed E-state index contributed by atoms with van der Waals surface area (Å²) in [6, 6.07) is 6.98. The zero-order chi connectivity index (χ0) is 23.1. The van der Waals surface area contributed by atoms with Gasteiger partial charge in [0, 0.05) is 19.0 Å². The van der Waals surface area contributed by atoms with Gasteiger partial charge in [-0.15, -0.1) is 0 Å². The van der Waals surface area contributed by atoms with Crippen molar-refractivity contribution in [3.8, 4) is 5.75 Å². The lowest BCUT2D eigenvalue weighted by Gasteiger charge is -2.22. The number of benzene rings is 2. The zero-order valence-electron chi connectivity index (χ0n) is 18.1. The largest absolute Gasteiger partial charge is 0.492 e. The Hall–Kier alpha value is -2.65. The van der Waals surface area contributed by atoms with Crippen molar-refractivity contribution in [3.63, 3.8) is 0 Å². The van der Waals surface area contributed by atoms with E-state index in [9.17, 15) is 22.7 Å². The molecule has 2 aliphatic heterocycles. The van der Waals surface area contributed by atoms with Crippen LogP contribution in [0.3, 0.4) is 0 Å². The predicted octanol–water partition coefficient (Wildman–Crippen LogP) is 3.49. The highest BCUT2D eigenvalue weighted by Gasteiger charge is 2.57. The Kier molecular flexibility index (Phi) is 4.55. The van der Waals surface area contributed by atoms with Crippen LogP contribution in [0.1, 0.15) is 46.7 Å². The van der Waals surface area contributed by atoms with Gasteiger partial charge in [0.1, 0.15) is 17.1 Å². The molecular weight excluding hydrogens is 447 g/mol. The minimum absolute atomic E-state index is 0.00332. The maximum absolute atomic E-state index is 14.1. The standard InChI is InChI=1S/C24H25FN2O5S/c1-2-27-9-17-18(10-27)21(17)16-8-13(25)3-6-20(16)33(30,31)26-19-5-4-14-15-7-12(15)11-32-23(14)22(19)24(28)29/h3-6,8,12,15,17-18,21,26H,2,7,9-11H2,1H3,(H,28,29)/t12-,15-,17?,18?,21?/m0/s1. The highest BCUT2D eigenvalue weighted by molar-refractivity contribution is 7.92. The third-order valence-electron chi connectivity index (χ3n) is 7.75. The van der Waals surface area contributed by atoms with E-state index in [-0.39, 0.29) is 33.7 Å². The number of fused-ring (bicyclic) bond motifs is 4. The molecule has 0 amide bonds. The summed E-state index contributed by atoms with van der Waals surface area (Å²) in [6.45, 7) is 5.23. The number of nitrogens with zero attached hydrogens (tertiary/aromatic N) is 1. The second kappa shape index (κ2) is 7.17. The lowest BCUT2D eigenvalue weighted by Crippen LogP contribution is -2.24. The molecule has 2 saturated carbocycles. The molecular formula is C24H25FN2O5S. The topological polar surface area (TPSA) is 95.9 Å². The Morgan fingerprint density at radius 2 is 1.97 bits per heavy atom. The highest BCUT2D eigenvalue weighted by atomic mass is 32.2. The Bertz CT molecular complexity index is 1270. The normalized spacial score (nSPS) is 29.5. The van der Waals surface area contributed by atoms with Crippen molar-refractivity contribution in [1.82, 2.24) is 4.90 Å². The molecule has 0 bridgehead atoms. The summed E-state index contributed by atoms with van der Waals surface area (Å²) in [5.74, 6) is -0.168. The number of halogens is 1. The molecule has 1 saturated heterocycles. The number of hydrogen-bond donors (Lipinski definition) is 2. The minimum atomic E-state index is -4.15. The summed E-state index contributed by atoms with van der Waals surface area (Å²) in [5, 5.41) is 9.87. The summed E-state index contributed by atoms with van der Waals surface area (Å²) >= 11 is 0. The van der Waals surface area contributed by atoms with Crippen LogP contribution in [0.15, 0.2) is 35.2 Å². The first-order valence-corrected chi connectivity index (χ1v) is 12.8. The highest BCUT2D eigenvalue weighted by Crippen LogP contribution is 2.59. The maximum atomic E-state index is 14.1. The Labute approximate surface area is 191 Å².